The van der Waals surface area contributed by atoms with Crippen LogP contribution in [0.4, 0.5) is 5.82 Å². The van der Waals surface area contributed by atoms with Crippen molar-refractivity contribution in [1.29, 1.82) is 0 Å². The summed E-state index contributed by atoms with van der Waals surface area (Å²) in [6, 6.07) is 3.88. The van der Waals surface area contributed by atoms with Crippen LogP contribution in [0.1, 0.15) is 25.6 Å². The predicted molar refractivity (Wildman–Crippen MR) is 131 cm³/mol. The Morgan fingerprint density at radius 2 is 1.74 bits per heavy atom. The number of imidazole rings is 1. The van der Waals surface area contributed by atoms with Crippen LogP contribution in [-0.4, -0.2) is 89.7 Å². The molecule has 0 aliphatic carbocycles. The van der Waals surface area contributed by atoms with E-state index in [0.29, 0.717) is 42.5 Å². The van der Waals surface area contributed by atoms with Crippen molar-refractivity contribution in [3.05, 3.63) is 30.4 Å². The van der Waals surface area contributed by atoms with E-state index in [4.69, 9.17) is 18.9 Å². The fraction of sp³-hybridized carbons (Fsp3) is 0.542. The summed E-state index contributed by atoms with van der Waals surface area (Å²) in [5.74, 6) is 2.57. The zero-order valence-corrected chi connectivity index (χ0v) is 21.0. The number of anilines is 1. The zero-order chi connectivity index (χ0) is 24.9. The number of hydrogen-bond donors (Lipinski definition) is 1. The van der Waals surface area contributed by atoms with Crippen molar-refractivity contribution < 1.29 is 24.1 Å². The van der Waals surface area contributed by atoms with Crippen molar-refractivity contribution in [2.24, 2.45) is 0 Å². The summed E-state index contributed by atoms with van der Waals surface area (Å²) in [7, 11) is 4.79. The molecule has 3 heterocycles. The van der Waals surface area contributed by atoms with E-state index in [2.05, 4.69) is 38.6 Å². The lowest BCUT2D eigenvalue weighted by Gasteiger charge is -2.38. The van der Waals surface area contributed by atoms with Crippen LogP contribution < -0.4 is 19.1 Å². The van der Waals surface area contributed by atoms with Crippen molar-refractivity contribution in [2.45, 2.75) is 32.7 Å². The number of ether oxygens (including phenoxy) is 4. The van der Waals surface area contributed by atoms with E-state index in [1.807, 2.05) is 16.7 Å². The third kappa shape index (κ3) is 4.97. The van der Waals surface area contributed by atoms with Gasteiger partial charge in [0.25, 0.3) is 0 Å². The van der Waals surface area contributed by atoms with Crippen LogP contribution in [0.3, 0.4) is 0 Å². The molecule has 0 saturated carbocycles. The first kappa shape index (κ1) is 25.0. The minimum absolute atomic E-state index is 0.0887. The van der Waals surface area contributed by atoms with Gasteiger partial charge < -0.3 is 29.0 Å². The monoisotopic (exact) mass is 486 g/mol. The fourth-order valence-corrected chi connectivity index (χ4v) is 4.56. The number of hydrogen-bond acceptors (Lipinski definition) is 10. The molecule has 11 nitrogen and oxygen atoms in total. The third-order valence-electron chi connectivity index (χ3n) is 6.27. The number of morpholine rings is 1. The molecular weight excluding hydrogens is 452 g/mol. The van der Waals surface area contributed by atoms with Crippen LogP contribution in [0.15, 0.2) is 24.8 Å². The van der Waals surface area contributed by atoms with Crippen LogP contribution in [0.5, 0.6) is 17.2 Å². The molecule has 1 aliphatic rings. The number of fused-ring (bicyclic) bond motifs is 1. The molecule has 0 spiro atoms. The maximum Gasteiger partial charge on any atom is 0.203 e. The van der Waals surface area contributed by atoms with E-state index in [9.17, 15) is 5.11 Å². The number of nitrogens with zero attached hydrogens (tertiary/aromatic N) is 6. The first-order chi connectivity index (χ1) is 17.1. The molecule has 1 saturated heterocycles. The molecule has 190 valence electrons. The Morgan fingerprint density at radius 3 is 2.34 bits per heavy atom. The van der Waals surface area contributed by atoms with Crippen molar-refractivity contribution in [2.75, 3.05) is 59.0 Å². The average Bonchev–Trinajstić information content (AvgIpc) is 3.33. The van der Waals surface area contributed by atoms with Crippen molar-refractivity contribution >= 4 is 17.0 Å². The van der Waals surface area contributed by atoms with E-state index in [0.717, 1.165) is 30.0 Å². The highest BCUT2D eigenvalue weighted by molar-refractivity contribution is 5.83. The van der Waals surface area contributed by atoms with E-state index in [1.54, 1.807) is 34.0 Å². The largest absolute Gasteiger partial charge is 0.493 e. The van der Waals surface area contributed by atoms with Crippen molar-refractivity contribution in [3.8, 4) is 17.2 Å². The van der Waals surface area contributed by atoms with Gasteiger partial charge in [-0.25, -0.2) is 15.0 Å². The van der Waals surface area contributed by atoms with E-state index in [1.165, 1.54) is 0 Å². The second kappa shape index (κ2) is 11.1. The maximum absolute atomic E-state index is 9.95. The Labute approximate surface area is 205 Å². The van der Waals surface area contributed by atoms with Crippen LogP contribution in [0, 0.1) is 0 Å². The Balaban J connectivity index is 1.62. The lowest BCUT2D eigenvalue weighted by Crippen LogP contribution is -2.46. The van der Waals surface area contributed by atoms with Gasteiger partial charge >= 0.3 is 0 Å². The van der Waals surface area contributed by atoms with E-state index in [-0.39, 0.29) is 18.9 Å². The number of methoxy groups -OCH3 is 3. The first-order valence-corrected chi connectivity index (χ1v) is 11.8. The van der Waals surface area contributed by atoms with Crippen LogP contribution in [0.2, 0.25) is 0 Å². The lowest BCUT2D eigenvalue weighted by atomic mass is 10.1. The van der Waals surface area contributed by atoms with Gasteiger partial charge in [-0.15, -0.1) is 0 Å². The Hall–Kier alpha value is -3.15. The molecule has 0 bridgehead atoms. The molecule has 35 heavy (non-hydrogen) atoms. The summed E-state index contributed by atoms with van der Waals surface area (Å²) in [6.45, 7) is 7.51. The van der Waals surface area contributed by atoms with E-state index >= 15 is 0 Å². The molecule has 11 heteroatoms. The van der Waals surface area contributed by atoms with Crippen molar-refractivity contribution in [1.82, 2.24) is 24.4 Å². The molecule has 0 amide bonds. The minimum atomic E-state index is -0.368. The normalized spacial score (nSPS) is 18.6. The molecule has 1 fully saturated rings. The number of aliphatic hydroxyl groups excluding tert-OH is 1. The highest BCUT2D eigenvalue weighted by Gasteiger charge is 2.31. The molecule has 0 unspecified atom stereocenters. The van der Waals surface area contributed by atoms with Crippen molar-refractivity contribution in [3.63, 3.8) is 0 Å². The van der Waals surface area contributed by atoms with Gasteiger partial charge in [-0.3, -0.25) is 9.47 Å². The Kier molecular flexibility index (Phi) is 7.89. The highest BCUT2D eigenvalue weighted by Crippen LogP contribution is 2.39. The molecule has 1 N–H and O–H groups in total. The molecular formula is C24H34N6O5. The third-order valence-corrected chi connectivity index (χ3v) is 6.27. The smallest absolute Gasteiger partial charge is 0.203 e. The number of aromatic nitrogens is 4. The van der Waals surface area contributed by atoms with Crippen LogP contribution in [0.25, 0.3) is 11.2 Å². The van der Waals surface area contributed by atoms with Gasteiger partial charge in [0.05, 0.1) is 40.4 Å². The first-order valence-electron chi connectivity index (χ1n) is 11.8. The Bertz CT molecular complexity index is 1110. The average molecular weight is 487 g/mol. The van der Waals surface area contributed by atoms with Crippen LogP contribution in [-0.2, 0) is 11.3 Å². The fourth-order valence-electron chi connectivity index (χ4n) is 4.56. The molecule has 4 rings (SSSR count). The summed E-state index contributed by atoms with van der Waals surface area (Å²) >= 11 is 0. The standard InChI is InChI=1S/C24H34N6O5/c1-6-29(7-2)23-21-24(26-14-25-23)30(15-27-21)20-12-28(11-17(13-31)35-20)10-16-8-18(32-3)22(34-5)19(9-16)33-4/h8-9,14-15,17,20,31H,6-7,10-13H2,1-5H3/t17-,20+/m0/s1. The SMILES string of the molecule is CCN(CC)c1ncnc2c1ncn2[C@H]1CN(Cc2cc(OC)c(OC)c(OC)c2)C[C@@H](CO)O1. The predicted octanol–water partition coefficient (Wildman–Crippen LogP) is 2.09. The van der Waals surface area contributed by atoms with E-state index < -0.39 is 0 Å². The maximum atomic E-state index is 9.95. The molecule has 3 aromatic rings. The van der Waals surface area contributed by atoms with Gasteiger partial charge in [0.1, 0.15) is 12.6 Å². The summed E-state index contributed by atoms with van der Waals surface area (Å²) in [5.41, 5.74) is 2.44. The van der Waals surface area contributed by atoms with Gasteiger partial charge in [-0.05, 0) is 31.5 Å². The van der Waals surface area contributed by atoms with Gasteiger partial charge in [0.2, 0.25) is 5.75 Å². The second-order valence-corrected chi connectivity index (χ2v) is 8.32. The van der Waals surface area contributed by atoms with Gasteiger partial charge in [0, 0.05) is 32.7 Å². The van der Waals surface area contributed by atoms with Crippen LogP contribution >= 0.6 is 0 Å². The topological polar surface area (TPSA) is 107 Å². The molecule has 2 aromatic heterocycles. The van der Waals surface area contributed by atoms with Gasteiger partial charge in [0.15, 0.2) is 28.5 Å². The minimum Gasteiger partial charge on any atom is -0.493 e. The molecule has 1 aromatic carbocycles. The summed E-state index contributed by atoms with van der Waals surface area (Å²) < 4.78 is 24.6. The molecule has 1 aliphatic heterocycles. The summed E-state index contributed by atoms with van der Waals surface area (Å²) in [6.07, 6.45) is 2.59. The highest BCUT2D eigenvalue weighted by atomic mass is 16.5. The Morgan fingerprint density at radius 1 is 1.03 bits per heavy atom. The number of rotatable bonds is 10. The summed E-state index contributed by atoms with van der Waals surface area (Å²) in [4.78, 5) is 18.0. The molecule has 2 atom stereocenters. The number of benzene rings is 1. The molecule has 0 radical (unpaired) electrons. The lowest BCUT2D eigenvalue weighted by molar-refractivity contribution is -0.135. The second-order valence-electron chi connectivity index (χ2n) is 8.32. The summed E-state index contributed by atoms with van der Waals surface area (Å²) in [5, 5.41) is 9.95. The number of aliphatic hydroxyl groups is 1. The quantitative estimate of drug-likeness (QED) is 0.458. The van der Waals surface area contributed by atoms with Gasteiger partial charge in [-0.2, -0.15) is 0 Å². The zero-order valence-electron chi connectivity index (χ0n) is 21.0. The van der Waals surface area contributed by atoms with Gasteiger partial charge in [-0.1, -0.05) is 0 Å².